The molecule has 8 aromatic rings. The molecule has 520 valence electrons. The number of hydrogen-bond donors (Lipinski definition) is 6. The zero-order valence-electron chi connectivity index (χ0n) is 56.2. The third-order valence-corrected chi connectivity index (χ3v) is 21.2. The number of amides is 6. The minimum absolute atomic E-state index is 0.00917. The van der Waals surface area contributed by atoms with Crippen LogP contribution < -0.4 is 41.4 Å². The molecule has 100 heavy (non-hydrogen) atoms. The molecular weight excluding hydrogens is 1360 g/mol. The number of carbonyl (C=O) groups excluding carboxylic acids is 6. The van der Waals surface area contributed by atoms with E-state index < -0.39 is 11.8 Å². The van der Waals surface area contributed by atoms with Gasteiger partial charge in [-0.25, -0.2) is 9.97 Å². The molecule has 10 heterocycles. The zero-order chi connectivity index (χ0) is 70.3. The lowest BCUT2D eigenvalue weighted by Gasteiger charge is -2.47. The molecule has 4 fully saturated rings. The fraction of sp³-hybridized carbons (Fsp3) is 0.361. The fourth-order valence-corrected chi connectivity index (χ4v) is 15.9. The van der Waals surface area contributed by atoms with Gasteiger partial charge in [0.2, 0.25) is 23.6 Å². The van der Waals surface area contributed by atoms with Crippen LogP contribution in [0.4, 0.5) is 11.4 Å². The number of likely N-dealkylation sites (N-methyl/N-ethyl adjacent to an activating group) is 2. The van der Waals surface area contributed by atoms with Gasteiger partial charge in [-0.2, -0.15) is 0 Å². The van der Waals surface area contributed by atoms with Crippen molar-refractivity contribution in [1.82, 2.24) is 69.9 Å². The smallest absolute Gasteiger partial charge is 0.291 e. The number of nitrogens with one attached hydrogen (secondary N) is 6. The normalized spacial score (nSPS) is 16.6. The van der Waals surface area contributed by atoms with Crippen LogP contribution in [0.15, 0.2) is 97.3 Å². The van der Waals surface area contributed by atoms with Crippen LogP contribution in [0, 0.1) is 10.8 Å². The second-order valence-corrected chi connectivity index (χ2v) is 28.0. The summed E-state index contributed by atoms with van der Waals surface area (Å²) in [6.07, 6.45) is 5.75. The summed E-state index contributed by atoms with van der Waals surface area (Å²) < 4.78 is 15.1. The number of fused-ring (bicyclic) bond motifs is 2. The monoisotopic (exact) mass is 1430 g/mol. The zero-order valence-corrected chi connectivity index (χ0v) is 59.2. The molecule has 4 aromatic carbocycles. The number of anilines is 2. The SMILES string of the molecule is CNCC(=O)N1CCc2c(nc(C(=O)Nc3cccc(-c4ccnc(-c5ccc(CN6CC7(CNC(=O)C7)C6)c(OC)c5)c4Cl)c3Cl)n2C)C1.CNCC(=O)N1CCc2c(nc(C(=O)Nc3cccc(-c4ccnc(-c5ccc(CN6CC7(CNC(=O)C7)C6)c(OC)c5)c4Cl)c3Cl)n2C)C1. The minimum Gasteiger partial charge on any atom is -0.496 e. The second-order valence-electron chi connectivity index (χ2n) is 26.5. The van der Waals surface area contributed by atoms with Crippen molar-refractivity contribution in [3.63, 3.8) is 0 Å². The van der Waals surface area contributed by atoms with E-state index >= 15 is 0 Å². The second kappa shape index (κ2) is 28.9. The topological polar surface area (TPSA) is 267 Å². The van der Waals surface area contributed by atoms with E-state index in [4.69, 9.17) is 55.9 Å². The molecule has 6 aliphatic rings. The Morgan fingerprint density at radius 2 is 0.950 bits per heavy atom. The maximum Gasteiger partial charge on any atom is 0.291 e. The van der Waals surface area contributed by atoms with E-state index in [9.17, 15) is 28.8 Å². The first-order chi connectivity index (χ1) is 48.2. The number of nitrogens with zero attached hydrogens (tertiary/aromatic N) is 10. The number of ether oxygens (including phenoxy) is 2. The number of halogens is 4. The van der Waals surface area contributed by atoms with Crippen molar-refractivity contribution in [2.45, 2.75) is 51.9 Å². The van der Waals surface area contributed by atoms with Crippen molar-refractivity contribution in [3.05, 3.63) is 163 Å². The number of imidazole rings is 2. The van der Waals surface area contributed by atoms with Crippen LogP contribution in [0.25, 0.3) is 44.8 Å². The molecule has 0 atom stereocenters. The molecule has 4 saturated heterocycles. The Balaban J connectivity index is 0.000000179. The van der Waals surface area contributed by atoms with Crippen molar-refractivity contribution >= 4 is 93.2 Å². The van der Waals surface area contributed by atoms with Crippen LogP contribution in [0.3, 0.4) is 0 Å². The van der Waals surface area contributed by atoms with Gasteiger partial charge < -0.3 is 60.3 Å². The number of aromatic nitrogens is 6. The van der Waals surface area contributed by atoms with Crippen LogP contribution in [-0.4, -0.2) is 178 Å². The molecule has 0 saturated carbocycles. The number of carbonyl (C=O) groups is 6. The predicted octanol–water partition coefficient (Wildman–Crippen LogP) is 8.29. The van der Waals surface area contributed by atoms with Crippen molar-refractivity contribution in [1.29, 1.82) is 0 Å². The summed E-state index contributed by atoms with van der Waals surface area (Å²) in [6, 6.07) is 26.2. The van der Waals surface area contributed by atoms with E-state index in [0.717, 1.165) is 84.4 Å². The number of methoxy groups -OCH3 is 2. The Morgan fingerprint density at radius 1 is 0.550 bits per heavy atom. The number of hydrogen-bond acceptors (Lipinski definition) is 16. The van der Waals surface area contributed by atoms with Gasteiger partial charge in [-0.1, -0.05) is 94.9 Å². The quantitative estimate of drug-likeness (QED) is 0.0472. The number of pyridine rings is 2. The number of likely N-dealkylation sites (tertiary alicyclic amines) is 2. The molecule has 28 heteroatoms. The first kappa shape index (κ1) is 69.5. The Hall–Kier alpha value is -8.98. The largest absolute Gasteiger partial charge is 0.496 e. The summed E-state index contributed by atoms with van der Waals surface area (Å²) in [6.45, 7) is 8.71. The van der Waals surface area contributed by atoms with Crippen LogP contribution >= 0.6 is 46.4 Å². The lowest BCUT2D eigenvalue weighted by atomic mass is 9.79. The molecule has 0 aliphatic carbocycles. The lowest BCUT2D eigenvalue weighted by Crippen LogP contribution is -2.56. The third kappa shape index (κ3) is 13.9. The molecule has 0 bridgehead atoms. The molecule has 14 rings (SSSR count). The molecule has 6 aliphatic heterocycles. The van der Waals surface area contributed by atoms with E-state index in [0.29, 0.717) is 141 Å². The highest BCUT2D eigenvalue weighted by Gasteiger charge is 2.49. The van der Waals surface area contributed by atoms with E-state index in [1.807, 2.05) is 48.5 Å². The number of benzene rings is 4. The van der Waals surface area contributed by atoms with Crippen molar-refractivity contribution in [2.24, 2.45) is 24.9 Å². The summed E-state index contributed by atoms with van der Waals surface area (Å²) in [5, 5.41) is 19.0. The average molecular weight is 1440 g/mol. The van der Waals surface area contributed by atoms with Gasteiger partial charge in [0.15, 0.2) is 11.6 Å². The van der Waals surface area contributed by atoms with Gasteiger partial charge in [0, 0.05) is 184 Å². The Morgan fingerprint density at radius 3 is 1.32 bits per heavy atom. The van der Waals surface area contributed by atoms with E-state index in [1.165, 1.54) is 0 Å². The van der Waals surface area contributed by atoms with Gasteiger partial charge in [0.25, 0.3) is 11.8 Å². The summed E-state index contributed by atoms with van der Waals surface area (Å²) in [7, 11) is 10.4. The summed E-state index contributed by atoms with van der Waals surface area (Å²) in [4.78, 5) is 102. The van der Waals surface area contributed by atoms with E-state index in [-0.39, 0.29) is 59.2 Å². The minimum atomic E-state index is -0.412. The van der Waals surface area contributed by atoms with Gasteiger partial charge in [-0.3, -0.25) is 48.5 Å². The molecule has 24 nitrogen and oxygen atoms in total. The molecular formula is C72H76Cl4N16O8. The van der Waals surface area contributed by atoms with Crippen molar-refractivity contribution < 1.29 is 38.2 Å². The maximum atomic E-state index is 13.5. The van der Waals surface area contributed by atoms with Gasteiger partial charge in [0.05, 0.1) is 94.6 Å². The lowest BCUT2D eigenvalue weighted by molar-refractivity contribution is -0.131. The number of rotatable bonds is 18. The summed E-state index contributed by atoms with van der Waals surface area (Å²) in [5.74, 6) is 1.34. The fourth-order valence-electron chi connectivity index (χ4n) is 14.7. The first-order valence-corrected chi connectivity index (χ1v) is 34.5. The molecule has 6 N–H and O–H groups in total. The Labute approximate surface area is 598 Å². The highest BCUT2D eigenvalue weighted by Crippen LogP contribution is 2.46. The first-order valence-electron chi connectivity index (χ1n) is 32.9. The molecule has 6 amide bonds. The maximum absolute atomic E-state index is 13.5. The predicted molar refractivity (Wildman–Crippen MR) is 382 cm³/mol. The van der Waals surface area contributed by atoms with Crippen LogP contribution in [0.2, 0.25) is 20.1 Å². The van der Waals surface area contributed by atoms with Gasteiger partial charge >= 0.3 is 0 Å². The third-order valence-electron chi connectivity index (χ3n) is 19.7. The van der Waals surface area contributed by atoms with Crippen molar-refractivity contribution in [2.75, 3.05) is 104 Å². The molecule has 4 aromatic heterocycles. The van der Waals surface area contributed by atoms with Crippen LogP contribution in [0.1, 0.15) is 68.0 Å². The molecule has 0 radical (unpaired) electrons. The standard InChI is InChI=1S/2C36H38Cl2N8O4/c2*1-39-15-30(48)46-12-10-27-26(17-46)42-34(44(27)2)35(49)43-25-6-4-5-23(31(25)37)24-9-11-40-33(32(24)38)21-7-8-22(28(13-21)50-3)16-45-19-36(20-45)14-29(47)41-18-36/h2*4-9,11,13,39H,10,12,14-20H2,1-3H3,(H,41,47)(H,43,49). The summed E-state index contributed by atoms with van der Waals surface area (Å²) in [5.41, 5.74) is 11.6. The molecule has 0 unspecified atom stereocenters. The summed E-state index contributed by atoms with van der Waals surface area (Å²) >= 11 is 27.9. The Kier molecular flexibility index (Phi) is 20.1. The Bertz CT molecular complexity index is 4300. The molecule has 2 spiro atoms. The highest BCUT2D eigenvalue weighted by molar-refractivity contribution is 6.40. The van der Waals surface area contributed by atoms with Crippen LogP contribution in [0.5, 0.6) is 11.5 Å². The van der Waals surface area contributed by atoms with Crippen molar-refractivity contribution in [3.8, 4) is 56.3 Å². The van der Waals surface area contributed by atoms with E-state index in [1.54, 1.807) is 110 Å². The van der Waals surface area contributed by atoms with Crippen LogP contribution in [-0.2, 0) is 72.3 Å². The average Bonchev–Trinajstić information content (AvgIpc) is 1.20. The van der Waals surface area contributed by atoms with Gasteiger partial charge in [0.1, 0.15) is 11.5 Å². The van der Waals surface area contributed by atoms with Gasteiger partial charge in [-0.05, 0) is 50.5 Å². The van der Waals surface area contributed by atoms with Gasteiger partial charge in [-0.15, -0.1) is 0 Å². The van der Waals surface area contributed by atoms with E-state index in [2.05, 4.69) is 61.6 Å². The highest BCUT2D eigenvalue weighted by atomic mass is 35.5.